The average molecular weight is 337 g/mol. The number of rotatable bonds is 3. The Kier molecular flexibility index (Phi) is 4.67. The second-order valence-electron chi connectivity index (χ2n) is 5.15. The summed E-state index contributed by atoms with van der Waals surface area (Å²) in [7, 11) is 0. The summed E-state index contributed by atoms with van der Waals surface area (Å²) in [5.41, 5.74) is 3.90. The monoisotopic (exact) mass is 337 g/mol. The fraction of sp³-hybridized carbons (Fsp3) is 0.0556. The number of aryl methyl sites for hydroxylation is 1. The Hall–Kier alpha value is -2.99. The molecule has 24 heavy (non-hydrogen) atoms. The van der Waals surface area contributed by atoms with Crippen LogP contribution in [-0.2, 0) is 9.59 Å². The predicted octanol–water partition coefficient (Wildman–Crippen LogP) is 3.30. The van der Waals surface area contributed by atoms with Crippen molar-refractivity contribution in [2.24, 2.45) is 5.10 Å². The van der Waals surface area contributed by atoms with Gasteiger partial charge in [0, 0.05) is 16.0 Å². The zero-order chi connectivity index (χ0) is 16.9. The van der Waals surface area contributed by atoms with Crippen molar-refractivity contribution in [3.8, 4) is 0 Å². The molecule has 0 aliphatic heterocycles. The molecule has 0 bridgehead atoms. The van der Waals surface area contributed by atoms with Gasteiger partial charge in [-0.2, -0.15) is 5.10 Å². The Morgan fingerprint density at radius 2 is 1.83 bits per heavy atom. The van der Waals surface area contributed by atoms with Crippen LogP contribution in [0.2, 0.25) is 0 Å². The highest BCUT2D eigenvalue weighted by molar-refractivity contribution is 7.11. The van der Waals surface area contributed by atoms with Gasteiger partial charge in [-0.15, -0.1) is 11.3 Å². The topological polar surface area (TPSA) is 70.6 Å². The van der Waals surface area contributed by atoms with Gasteiger partial charge in [0.25, 0.3) is 0 Å². The predicted molar refractivity (Wildman–Crippen MR) is 97.4 cm³/mol. The van der Waals surface area contributed by atoms with Gasteiger partial charge >= 0.3 is 11.8 Å². The number of thiophene rings is 1. The third kappa shape index (κ3) is 3.49. The minimum absolute atomic E-state index is 0.589. The van der Waals surface area contributed by atoms with E-state index in [4.69, 9.17) is 0 Å². The lowest BCUT2D eigenvalue weighted by atomic mass is 10.1. The minimum atomic E-state index is -0.812. The van der Waals surface area contributed by atoms with E-state index in [1.54, 1.807) is 6.07 Å². The van der Waals surface area contributed by atoms with E-state index in [9.17, 15) is 9.59 Å². The Morgan fingerprint density at radius 3 is 2.62 bits per heavy atom. The number of nitrogens with zero attached hydrogens (tertiary/aromatic N) is 1. The molecule has 0 radical (unpaired) electrons. The highest BCUT2D eigenvalue weighted by Gasteiger charge is 2.14. The van der Waals surface area contributed by atoms with E-state index < -0.39 is 11.8 Å². The lowest BCUT2D eigenvalue weighted by Crippen LogP contribution is -2.32. The number of amides is 2. The van der Waals surface area contributed by atoms with Crippen molar-refractivity contribution in [1.29, 1.82) is 0 Å². The van der Waals surface area contributed by atoms with Gasteiger partial charge in [0.05, 0.1) is 6.21 Å². The molecule has 0 unspecified atom stereocenters. The fourth-order valence-electron chi connectivity index (χ4n) is 2.23. The number of carbonyl (C=O) groups is 2. The lowest BCUT2D eigenvalue weighted by molar-refractivity contribution is -0.136. The second kappa shape index (κ2) is 7.06. The van der Waals surface area contributed by atoms with Gasteiger partial charge in [-0.1, -0.05) is 36.4 Å². The van der Waals surface area contributed by atoms with E-state index in [0.29, 0.717) is 5.69 Å². The molecule has 2 N–H and O–H groups in total. The standard InChI is InChI=1S/C18H15N3O2S/c1-12-9-10-24-16(12)11-19-21-18(23)17(22)20-15-8-4-6-13-5-2-3-7-14(13)15/h2-11H,1H3,(H,20,22)(H,21,23)/b19-11-. The molecular formula is C18H15N3O2S. The first-order valence-electron chi connectivity index (χ1n) is 7.31. The van der Waals surface area contributed by atoms with Gasteiger partial charge in [0.15, 0.2) is 0 Å². The van der Waals surface area contributed by atoms with E-state index >= 15 is 0 Å². The zero-order valence-electron chi connectivity index (χ0n) is 12.9. The number of carbonyl (C=O) groups excluding carboxylic acids is 2. The minimum Gasteiger partial charge on any atom is -0.317 e. The third-order valence-electron chi connectivity index (χ3n) is 3.49. The van der Waals surface area contributed by atoms with Crippen molar-refractivity contribution in [2.45, 2.75) is 6.92 Å². The molecule has 0 aliphatic carbocycles. The molecule has 2 aromatic carbocycles. The Bertz CT molecular complexity index is 925. The van der Waals surface area contributed by atoms with E-state index in [1.807, 2.05) is 54.8 Å². The molecule has 5 nitrogen and oxygen atoms in total. The summed E-state index contributed by atoms with van der Waals surface area (Å²) in [6.45, 7) is 1.95. The van der Waals surface area contributed by atoms with E-state index in [-0.39, 0.29) is 0 Å². The first-order chi connectivity index (χ1) is 11.6. The average Bonchev–Trinajstić information content (AvgIpc) is 3.00. The number of anilines is 1. The molecule has 120 valence electrons. The van der Waals surface area contributed by atoms with Crippen molar-refractivity contribution in [3.05, 3.63) is 64.4 Å². The summed E-state index contributed by atoms with van der Waals surface area (Å²) in [6, 6.07) is 15.1. The quantitative estimate of drug-likeness (QED) is 0.437. The molecule has 0 saturated heterocycles. The molecule has 0 saturated carbocycles. The number of hydrazone groups is 1. The highest BCUT2D eigenvalue weighted by atomic mass is 32.1. The Balaban J connectivity index is 1.67. The molecule has 3 aromatic rings. The SMILES string of the molecule is Cc1ccsc1/C=N\NC(=O)C(=O)Nc1cccc2ccccc12. The lowest BCUT2D eigenvalue weighted by Gasteiger charge is -2.07. The van der Waals surface area contributed by atoms with Crippen LogP contribution in [-0.4, -0.2) is 18.0 Å². The molecule has 6 heteroatoms. The van der Waals surface area contributed by atoms with E-state index in [1.165, 1.54) is 17.6 Å². The van der Waals surface area contributed by atoms with Crippen molar-refractivity contribution in [2.75, 3.05) is 5.32 Å². The number of nitrogens with one attached hydrogen (secondary N) is 2. The molecule has 0 spiro atoms. The molecule has 0 atom stereocenters. The van der Waals surface area contributed by atoms with Crippen LogP contribution in [0.4, 0.5) is 5.69 Å². The molecule has 1 heterocycles. The summed E-state index contributed by atoms with van der Waals surface area (Å²) in [5, 5.41) is 10.2. The van der Waals surface area contributed by atoms with Crippen LogP contribution in [0.1, 0.15) is 10.4 Å². The van der Waals surface area contributed by atoms with Crippen molar-refractivity contribution in [3.63, 3.8) is 0 Å². The molecule has 3 rings (SSSR count). The smallest absolute Gasteiger partial charge is 0.317 e. The summed E-state index contributed by atoms with van der Waals surface area (Å²) < 4.78 is 0. The summed E-state index contributed by atoms with van der Waals surface area (Å²) in [4.78, 5) is 24.8. The molecule has 2 amide bonds. The van der Waals surface area contributed by atoms with Crippen LogP contribution in [0, 0.1) is 6.92 Å². The molecule has 0 aliphatic rings. The van der Waals surface area contributed by atoms with E-state index in [0.717, 1.165) is 21.2 Å². The van der Waals surface area contributed by atoms with Crippen molar-refractivity contribution in [1.82, 2.24) is 5.43 Å². The fourth-order valence-corrected chi connectivity index (χ4v) is 3.02. The first-order valence-corrected chi connectivity index (χ1v) is 8.19. The maximum atomic E-state index is 12.0. The van der Waals surface area contributed by atoms with Crippen LogP contribution in [0.25, 0.3) is 10.8 Å². The van der Waals surface area contributed by atoms with Crippen molar-refractivity contribution >= 4 is 45.8 Å². The third-order valence-corrected chi connectivity index (χ3v) is 4.45. The zero-order valence-corrected chi connectivity index (χ0v) is 13.8. The van der Waals surface area contributed by atoms with Gasteiger partial charge in [-0.25, -0.2) is 5.43 Å². The van der Waals surface area contributed by atoms with Crippen LogP contribution in [0.15, 0.2) is 59.0 Å². The number of hydrogen-bond acceptors (Lipinski definition) is 4. The molecular weight excluding hydrogens is 322 g/mol. The van der Waals surface area contributed by atoms with Gasteiger partial charge in [-0.05, 0) is 35.4 Å². The van der Waals surface area contributed by atoms with Crippen molar-refractivity contribution < 1.29 is 9.59 Å². The molecule has 0 fully saturated rings. The van der Waals surface area contributed by atoms with Crippen LogP contribution >= 0.6 is 11.3 Å². The summed E-state index contributed by atoms with van der Waals surface area (Å²) >= 11 is 1.51. The summed E-state index contributed by atoms with van der Waals surface area (Å²) in [5.74, 6) is -1.57. The Morgan fingerprint density at radius 1 is 1.04 bits per heavy atom. The van der Waals surface area contributed by atoms with Gasteiger partial charge in [-0.3, -0.25) is 9.59 Å². The second-order valence-corrected chi connectivity index (χ2v) is 6.10. The molecule has 1 aromatic heterocycles. The van der Waals surface area contributed by atoms with Crippen LogP contribution in [0.5, 0.6) is 0 Å². The first kappa shape index (κ1) is 15.9. The number of fused-ring (bicyclic) bond motifs is 1. The maximum absolute atomic E-state index is 12.0. The van der Waals surface area contributed by atoms with E-state index in [2.05, 4.69) is 15.8 Å². The van der Waals surface area contributed by atoms with Crippen LogP contribution < -0.4 is 10.7 Å². The normalized spacial score (nSPS) is 10.9. The Labute approximate surface area is 143 Å². The van der Waals surface area contributed by atoms with Crippen LogP contribution in [0.3, 0.4) is 0 Å². The van der Waals surface area contributed by atoms with Gasteiger partial charge in [0.2, 0.25) is 0 Å². The maximum Gasteiger partial charge on any atom is 0.329 e. The summed E-state index contributed by atoms with van der Waals surface area (Å²) in [6.07, 6.45) is 1.53. The van der Waals surface area contributed by atoms with Gasteiger partial charge < -0.3 is 5.32 Å². The number of benzene rings is 2. The van der Waals surface area contributed by atoms with Gasteiger partial charge in [0.1, 0.15) is 0 Å². The number of hydrogen-bond donors (Lipinski definition) is 2. The highest BCUT2D eigenvalue weighted by Crippen LogP contribution is 2.22. The largest absolute Gasteiger partial charge is 0.329 e.